The Morgan fingerprint density at radius 3 is 2.47 bits per heavy atom. The van der Waals surface area contributed by atoms with Crippen LogP contribution in [0, 0.1) is 5.92 Å². The Morgan fingerprint density at radius 2 is 1.97 bits per heavy atom. The second-order valence-electron chi connectivity index (χ2n) is 8.25. The molecule has 16 heteroatoms. The van der Waals surface area contributed by atoms with E-state index >= 15 is 0 Å². The van der Waals surface area contributed by atoms with Gasteiger partial charge in [-0.1, -0.05) is 18.5 Å². The van der Waals surface area contributed by atoms with Crippen molar-refractivity contribution in [3.05, 3.63) is 37.6 Å². The van der Waals surface area contributed by atoms with Crippen LogP contribution in [0.25, 0.3) is 11.0 Å². The van der Waals surface area contributed by atoms with Crippen LogP contribution in [0.3, 0.4) is 0 Å². The zero-order chi connectivity index (χ0) is 26.4. The molecular formula is C20H21ClF3N7O4S. The maximum Gasteiger partial charge on any atom is 0.490 e. The maximum absolute atomic E-state index is 12.0. The maximum atomic E-state index is 12.0. The van der Waals surface area contributed by atoms with Crippen LogP contribution >= 0.6 is 23.4 Å². The van der Waals surface area contributed by atoms with Crippen LogP contribution in [-0.2, 0) is 18.3 Å². The SMILES string of the molecule is CCc1[nH]c2nc(Sc3cc(=O)n(C)c(=O)[nH]3)nc(N3CC4CNC4C3)c2c1Cl.O=C(O)C(F)(F)F. The number of hydrogen-bond acceptors (Lipinski definition) is 8. The highest BCUT2D eigenvalue weighted by Crippen LogP contribution is 2.38. The normalized spacial score (nSPS) is 19.0. The van der Waals surface area contributed by atoms with E-state index in [-0.39, 0.29) is 5.56 Å². The van der Waals surface area contributed by atoms with Gasteiger partial charge in [-0.2, -0.15) is 13.2 Å². The molecule has 2 unspecified atom stereocenters. The number of rotatable bonds is 4. The van der Waals surface area contributed by atoms with Gasteiger partial charge in [0, 0.05) is 50.4 Å². The molecule has 2 atom stereocenters. The predicted octanol–water partition coefficient (Wildman–Crippen LogP) is 1.75. The third-order valence-corrected chi connectivity index (χ3v) is 7.15. The number of fused-ring (bicyclic) bond motifs is 2. The molecule has 2 saturated heterocycles. The van der Waals surface area contributed by atoms with E-state index < -0.39 is 17.8 Å². The van der Waals surface area contributed by atoms with E-state index in [1.54, 1.807) is 0 Å². The number of carbonyl (C=O) groups is 1. The summed E-state index contributed by atoms with van der Waals surface area (Å²) in [6.07, 6.45) is -4.33. The van der Waals surface area contributed by atoms with Crippen molar-refractivity contribution in [1.29, 1.82) is 0 Å². The minimum Gasteiger partial charge on any atom is -0.475 e. The van der Waals surface area contributed by atoms with E-state index in [0.717, 1.165) is 59.3 Å². The molecule has 194 valence electrons. The summed E-state index contributed by atoms with van der Waals surface area (Å²) in [7, 11) is 1.43. The molecule has 0 saturated carbocycles. The van der Waals surface area contributed by atoms with Crippen molar-refractivity contribution in [3.63, 3.8) is 0 Å². The molecule has 2 aliphatic rings. The van der Waals surface area contributed by atoms with Crippen LogP contribution in [0.2, 0.25) is 5.02 Å². The molecule has 4 N–H and O–H groups in total. The van der Waals surface area contributed by atoms with Gasteiger partial charge in [-0.25, -0.2) is 19.6 Å². The number of aromatic amines is 2. The molecule has 2 aliphatic heterocycles. The van der Waals surface area contributed by atoms with Gasteiger partial charge in [0.2, 0.25) is 0 Å². The van der Waals surface area contributed by atoms with Crippen molar-refractivity contribution in [2.45, 2.75) is 35.7 Å². The molecule has 5 heterocycles. The molecule has 0 spiro atoms. The first-order valence-electron chi connectivity index (χ1n) is 10.7. The number of anilines is 1. The monoisotopic (exact) mass is 547 g/mol. The zero-order valence-electron chi connectivity index (χ0n) is 18.9. The van der Waals surface area contributed by atoms with Gasteiger partial charge in [0.15, 0.2) is 5.16 Å². The van der Waals surface area contributed by atoms with Gasteiger partial charge in [0.1, 0.15) is 11.5 Å². The Kier molecular flexibility index (Phi) is 7.07. The average molecular weight is 548 g/mol. The Labute approximate surface area is 210 Å². The largest absolute Gasteiger partial charge is 0.490 e. The van der Waals surface area contributed by atoms with Crippen molar-refractivity contribution in [2.75, 3.05) is 24.5 Å². The van der Waals surface area contributed by atoms with Crippen LogP contribution < -0.4 is 21.5 Å². The van der Waals surface area contributed by atoms with E-state index in [4.69, 9.17) is 26.5 Å². The highest BCUT2D eigenvalue weighted by atomic mass is 35.5. The molecular weight excluding hydrogens is 527 g/mol. The molecule has 2 fully saturated rings. The van der Waals surface area contributed by atoms with E-state index in [2.05, 4.69) is 25.2 Å². The molecule has 36 heavy (non-hydrogen) atoms. The lowest BCUT2D eigenvalue weighted by Gasteiger charge is -2.29. The fraction of sp³-hybridized carbons (Fsp3) is 0.450. The fourth-order valence-electron chi connectivity index (χ4n) is 3.90. The molecule has 3 aromatic heterocycles. The predicted molar refractivity (Wildman–Crippen MR) is 126 cm³/mol. The van der Waals surface area contributed by atoms with Crippen LogP contribution in [-0.4, -0.2) is 67.4 Å². The number of H-pyrrole nitrogens is 2. The Balaban J connectivity index is 0.000000384. The Hall–Kier alpha value is -3.04. The number of nitrogens with one attached hydrogen (secondary N) is 3. The summed E-state index contributed by atoms with van der Waals surface area (Å²) in [6, 6.07) is 1.85. The number of aromatic nitrogens is 5. The van der Waals surface area contributed by atoms with Crippen molar-refractivity contribution in [3.8, 4) is 0 Å². The van der Waals surface area contributed by atoms with Crippen LogP contribution in [0.15, 0.2) is 25.8 Å². The Morgan fingerprint density at radius 1 is 1.28 bits per heavy atom. The number of hydrogen-bond donors (Lipinski definition) is 4. The van der Waals surface area contributed by atoms with Crippen molar-refractivity contribution in [1.82, 2.24) is 29.8 Å². The van der Waals surface area contributed by atoms with Gasteiger partial charge in [0.05, 0.1) is 15.4 Å². The quantitative estimate of drug-likeness (QED) is 0.283. The smallest absolute Gasteiger partial charge is 0.475 e. The first kappa shape index (κ1) is 26.0. The molecule has 0 radical (unpaired) electrons. The third kappa shape index (κ3) is 5.08. The zero-order valence-corrected chi connectivity index (χ0v) is 20.5. The number of aryl methyl sites for hydroxylation is 1. The third-order valence-electron chi connectivity index (χ3n) is 5.92. The lowest BCUT2D eigenvalue weighted by Crippen LogP contribution is -2.51. The highest BCUT2D eigenvalue weighted by molar-refractivity contribution is 7.99. The lowest BCUT2D eigenvalue weighted by atomic mass is 9.96. The van der Waals surface area contributed by atoms with Gasteiger partial charge >= 0.3 is 17.8 Å². The summed E-state index contributed by atoms with van der Waals surface area (Å²) in [5, 5.41) is 12.9. The molecule has 0 amide bonds. The van der Waals surface area contributed by atoms with Gasteiger partial charge < -0.3 is 25.3 Å². The van der Waals surface area contributed by atoms with Crippen LogP contribution in [0.4, 0.5) is 19.0 Å². The van der Waals surface area contributed by atoms with Gasteiger partial charge in [-0.05, 0) is 18.2 Å². The van der Waals surface area contributed by atoms with Crippen LogP contribution in [0.1, 0.15) is 12.6 Å². The van der Waals surface area contributed by atoms with Gasteiger partial charge in [0.25, 0.3) is 5.56 Å². The topological polar surface area (TPSA) is 149 Å². The fourth-order valence-corrected chi connectivity index (χ4v) is 5.02. The van der Waals surface area contributed by atoms with E-state index in [1.807, 2.05) is 6.92 Å². The summed E-state index contributed by atoms with van der Waals surface area (Å²) in [5.41, 5.74) is 0.731. The lowest BCUT2D eigenvalue weighted by molar-refractivity contribution is -0.192. The minimum absolute atomic E-state index is 0.379. The Bertz CT molecular complexity index is 1390. The van der Waals surface area contributed by atoms with Gasteiger partial charge in [-0.15, -0.1) is 0 Å². The summed E-state index contributed by atoms with van der Waals surface area (Å²) >= 11 is 7.80. The standard InChI is InChI=1S/C18H20ClN7O2S.C2HF3O2/c1-3-9-14(19)13-15(21-9)23-17(29-11-4-12(27)25(2)18(28)22-11)24-16(13)26-6-8-5-20-10(8)7-26;3-2(4,5)1(6)7/h4,8,10,20H,3,5-7H2,1-2H3,(H,22,28)(H,21,23,24);(H,6,7). The van der Waals surface area contributed by atoms with E-state index in [0.29, 0.717) is 32.8 Å². The number of halogens is 4. The second-order valence-corrected chi connectivity index (χ2v) is 9.63. The number of alkyl halides is 3. The average Bonchev–Trinajstić information content (AvgIpc) is 3.26. The van der Waals surface area contributed by atoms with Crippen molar-refractivity contribution in [2.24, 2.45) is 13.0 Å². The molecule has 0 aliphatic carbocycles. The minimum atomic E-state index is -5.08. The molecule has 0 bridgehead atoms. The molecule has 3 aromatic rings. The molecule has 5 rings (SSSR count). The summed E-state index contributed by atoms with van der Waals surface area (Å²) < 4.78 is 32.8. The number of carboxylic acids is 1. The first-order chi connectivity index (χ1) is 16.9. The highest BCUT2D eigenvalue weighted by Gasteiger charge is 2.40. The van der Waals surface area contributed by atoms with Gasteiger partial charge in [-0.3, -0.25) is 9.36 Å². The van der Waals surface area contributed by atoms with Crippen molar-refractivity contribution >= 4 is 46.2 Å². The second kappa shape index (κ2) is 9.78. The summed E-state index contributed by atoms with van der Waals surface area (Å²) in [6.45, 7) is 4.84. The van der Waals surface area contributed by atoms with E-state index in [9.17, 15) is 22.8 Å². The van der Waals surface area contributed by atoms with E-state index in [1.165, 1.54) is 13.1 Å². The number of carboxylic acid groups (broad SMARTS) is 1. The number of aliphatic carboxylic acids is 1. The summed E-state index contributed by atoms with van der Waals surface area (Å²) in [4.78, 5) is 50.4. The molecule has 11 nitrogen and oxygen atoms in total. The van der Waals surface area contributed by atoms with Crippen molar-refractivity contribution < 1.29 is 23.1 Å². The summed E-state index contributed by atoms with van der Waals surface area (Å²) in [5.74, 6) is -1.35. The molecule has 0 aromatic carbocycles. The first-order valence-corrected chi connectivity index (χ1v) is 11.9. The number of nitrogens with zero attached hydrogens (tertiary/aromatic N) is 4. The van der Waals surface area contributed by atoms with Crippen LogP contribution in [0.5, 0.6) is 0 Å².